The van der Waals surface area contributed by atoms with Crippen LogP contribution in [0.4, 0.5) is 20.2 Å². The molecule has 9 nitrogen and oxygen atoms in total. The molecule has 4 aromatic rings. The fraction of sp³-hybridized carbons (Fsp3) is 0.143. The highest BCUT2D eigenvalue weighted by molar-refractivity contribution is 8.15. The predicted octanol–water partition coefficient (Wildman–Crippen LogP) is 5.68. The molecule has 0 radical (unpaired) electrons. The lowest BCUT2D eigenvalue weighted by Gasteiger charge is -2.16. The summed E-state index contributed by atoms with van der Waals surface area (Å²) in [6.07, 6.45) is 1.23. The lowest BCUT2D eigenvalue weighted by molar-refractivity contribution is -0.128. The number of amidine groups is 1. The van der Waals surface area contributed by atoms with Crippen LogP contribution in [0, 0.1) is 11.6 Å². The number of carbonyl (C=O) groups excluding carboxylic acids is 2. The number of aromatic hydroxyl groups is 1. The monoisotopic (exact) mass is 597 g/mol. The number of phenols is 1. The van der Waals surface area contributed by atoms with Crippen LogP contribution in [0.15, 0.2) is 77.9 Å². The topological polar surface area (TPSA) is 109 Å². The predicted molar refractivity (Wildman–Crippen MR) is 152 cm³/mol. The van der Waals surface area contributed by atoms with Crippen LogP contribution in [0.1, 0.15) is 12.1 Å². The number of rotatable bonds is 8. The Bertz CT molecular complexity index is 1630. The van der Waals surface area contributed by atoms with Crippen LogP contribution in [0.5, 0.6) is 11.5 Å². The molecule has 210 valence electrons. The van der Waals surface area contributed by atoms with Crippen LogP contribution in [0.2, 0.25) is 5.02 Å². The summed E-state index contributed by atoms with van der Waals surface area (Å²) in [6, 6.07) is 16.0. The molecular formula is C28H22ClF2N5O4S. The van der Waals surface area contributed by atoms with Crippen LogP contribution in [-0.4, -0.2) is 49.1 Å². The van der Waals surface area contributed by atoms with Crippen LogP contribution < -0.4 is 10.1 Å². The largest absolute Gasteiger partial charge is 0.508 e. The van der Waals surface area contributed by atoms with Crippen molar-refractivity contribution in [3.05, 3.63) is 95.3 Å². The van der Waals surface area contributed by atoms with Crippen molar-refractivity contribution in [2.75, 3.05) is 12.4 Å². The van der Waals surface area contributed by atoms with E-state index in [1.54, 1.807) is 18.2 Å². The maximum Gasteiger partial charge on any atom is 0.243 e. The highest BCUT2D eigenvalue weighted by Crippen LogP contribution is 2.38. The van der Waals surface area contributed by atoms with Crippen molar-refractivity contribution in [3.8, 4) is 17.2 Å². The number of halogens is 3. The third-order valence-electron chi connectivity index (χ3n) is 6.04. The lowest BCUT2D eigenvalue weighted by Crippen LogP contribution is -2.33. The zero-order valence-corrected chi connectivity index (χ0v) is 23.0. The summed E-state index contributed by atoms with van der Waals surface area (Å²) in [5.74, 6) is -2.03. The van der Waals surface area contributed by atoms with Crippen molar-refractivity contribution in [3.63, 3.8) is 0 Å². The molecule has 1 aromatic heterocycles. The number of aliphatic imine (C=N–C) groups is 1. The van der Waals surface area contributed by atoms with E-state index in [0.29, 0.717) is 27.8 Å². The van der Waals surface area contributed by atoms with Gasteiger partial charge in [0, 0.05) is 18.3 Å². The molecule has 1 fully saturated rings. The van der Waals surface area contributed by atoms with Gasteiger partial charge in [0.1, 0.15) is 22.4 Å². The first-order valence-corrected chi connectivity index (χ1v) is 13.5. The fourth-order valence-corrected chi connectivity index (χ4v) is 5.52. The van der Waals surface area contributed by atoms with Crippen molar-refractivity contribution < 1.29 is 28.2 Å². The molecule has 2 heterocycles. The number of amides is 2. The van der Waals surface area contributed by atoms with Gasteiger partial charge in [0.05, 0.1) is 24.4 Å². The molecule has 1 aliphatic heterocycles. The fourth-order valence-electron chi connectivity index (χ4n) is 4.13. The number of nitrogens with zero attached hydrogens (tertiary/aromatic N) is 4. The molecule has 1 unspecified atom stereocenters. The van der Waals surface area contributed by atoms with E-state index in [9.17, 15) is 23.5 Å². The Labute approximate surface area is 242 Å². The second-order valence-electron chi connectivity index (χ2n) is 8.84. The van der Waals surface area contributed by atoms with E-state index in [4.69, 9.17) is 16.3 Å². The first-order chi connectivity index (χ1) is 19.7. The first-order valence-electron chi connectivity index (χ1n) is 12.2. The Hall–Kier alpha value is -4.42. The standard InChI is InChI=1S/C28H22ClF2N5O4S/c1-40-26-19(29)4-2-7-22(26)33-28-35(15-17-12-13-36(34-17)25-20(30)5-3-6-21(25)31)27(39)23(41-28)14-24(38)32-16-8-10-18(37)11-9-16/h2-13,23,37H,14-15H2,1H3,(H,32,38). The van der Waals surface area contributed by atoms with Crippen LogP contribution in [0.3, 0.4) is 0 Å². The smallest absolute Gasteiger partial charge is 0.243 e. The molecule has 0 bridgehead atoms. The Morgan fingerprint density at radius 1 is 1.12 bits per heavy atom. The molecule has 3 aromatic carbocycles. The van der Waals surface area contributed by atoms with Gasteiger partial charge in [0.25, 0.3) is 0 Å². The Kier molecular flexibility index (Phi) is 8.22. The number of benzene rings is 3. The molecule has 41 heavy (non-hydrogen) atoms. The number of thioether (sulfide) groups is 1. The molecule has 5 rings (SSSR count). The van der Waals surface area contributed by atoms with Gasteiger partial charge in [0.15, 0.2) is 22.6 Å². The van der Waals surface area contributed by atoms with Gasteiger partial charge in [-0.2, -0.15) is 5.10 Å². The molecular weight excluding hydrogens is 576 g/mol. The average molecular weight is 598 g/mol. The van der Waals surface area contributed by atoms with Crippen molar-refractivity contribution >= 4 is 51.7 Å². The number of hydrogen-bond donors (Lipinski definition) is 2. The Balaban J connectivity index is 1.43. The van der Waals surface area contributed by atoms with Crippen molar-refractivity contribution in [2.24, 2.45) is 4.99 Å². The van der Waals surface area contributed by atoms with Crippen LogP contribution in [-0.2, 0) is 16.1 Å². The van der Waals surface area contributed by atoms with Gasteiger partial charge in [0.2, 0.25) is 11.8 Å². The normalized spacial score (nSPS) is 15.9. The maximum absolute atomic E-state index is 14.3. The molecule has 1 saturated heterocycles. The Morgan fingerprint density at radius 3 is 2.54 bits per heavy atom. The second-order valence-corrected chi connectivity index (χ2v) is 10.4. The number of anilines is 1. The minimum Gasteiger partial charge on any atom is -0.508 e. The third kappa shape index (κ3) is 6.18. The van der Waals surface area contributed by atoms with Gasteiger partial charge in [-0.25, -0.2) is 18.5 Å². The van der Waals surface area contributed by atoms with E-state index in [2.05, 4.69) is 15.4 Å². The minimum atomic E-state index is -0.817. The quantitative estimate of drug-likeness (QED) is 0.253. The highest BCUT2D eigenvalue weighted by atomic mass is 35.5. The summed E-state index contributed by atoms with van der Waals surface area (Å²) in [4.78, 5) is 32.3. The van der Waals surface area contributed by atoms with E-state index in [1.165, 1.54) is 54.6 Å². The van der Waals surface area contributed by atoms with Crippen LogP contribution in [0.25, 0.3) is 5.69 Å². The molecule has 0 aliphatic carbocycles. The number of aromatic nitrogens is 2. The molecule has 1 atom stereocenters. The summed E-state index contributed by atoms with van der Waals surface area (Å²) in [5, 5.41) is 16.2. The number of ether oxygens (including phenoxy) is 1. The van der Waals surface area contributed by atoms with Gasteiger partial charge < -0.3 is 15.2 Å². The number of para-hydroxylation sites is 2. The van der Waals surface area contributed by atoms with E-state index in [1.807, 2.05) is 0 Å². The minimum absolute atomic E-state index is 0.0534. The third-order valence-corrected chi connectivity index (χ3v) is 7.51. The van der Waals surface area contributed by atoms with Gasteiger partial charge in [-0.3, -0.25) is 14.5 Å². The van der Waals surface area contributed by atoms with Crippen molar-refractivity contribution in [2.45, 2.75) is 18.2 Å². The van der Waals surface area contributed by atoms with Crippen LogP contribution >= 0.6 is 23.4 Å². The summed E-state index contributed by atoms with van der Waals surface area (Å²) >= 11 is 7.34. The van der Waals surface area contributed by atoms with Crippen molar-refractivity contribution in [1.29, 1.82) is 0 Å². The summed E-state index contributed by atoms with van der Waals surface area (Å²) < 4.78 is 35.1. The molecule has 0 spiro atoms. The van der Waals surface area contributed by atoms with E-state index >= 15 is 0 Å². The number of hydrogen-bond acceptors (Lipinski definition) is 7. The zero-order chi connectivity index (χ0) is 29.1. The van der Waals surface area contributed by atoms with Gasteiger partial charge in [-0.05, 0) is 54.6 Å². The van der Waals surface area contributed by atoms with Gasteiger partial charge in [-0.15, -0.1) is 0 Å². The Morgan fingerprint density at radius 2 is 1.83 bits per heavy atom. The zero-order valence-electron chi connectivity index (χ0n) is 21.4. The number of phenolic OH excluding ortho intramolecular Hbond substituents is 1. The van der Waals surface area contributed by atoms with E-state index < -0.39 is 28.7 Å². The van der Waals surface area contributed by atoms with Crippen molar-refractivity contribution in [1.82, 2.24) is 14.7 Å². The summed E-state index contributed by atoms with van der Waals surface area (Å²) in [7, 11) is 1.45. The molecule has 0 saturated carbocycles. The average Bonchev–Trinajstić information content (AvgIpc) is 3.50. The summed E-state index contributed by atoms with van der Waals surface area (Å²) in [5.41, 5.74) is 0.820. The number of methoxy groups -OCH3 is 1. The molecule has 13 heteroatoms. The van der Waals surface area contributed by atoms with Gasteiger partial charge in [-0.1, -0.05) is 35.5 Å². The van der Waals surface area contributed by atoms with Gasteiger partial charge >= 0.3 is 0 Å². The number of carbonyl (C=O) groups is 2. The first kappa shape index (κ1) is 28.1. The molecule has 2 amide bonds. The molecule has 1 aliphatic rings. The maximum atomic E-state index is 14.3. The number of nitrogens with one attached hydrogen (secondary N) is 1. The van der Waals surface area contributed by atoms with E-state index in [0.717, 1.165) is 28.6 Å². The second kappa shape index (κ2) is 12.0. The highest BCUT2D eigenvalue weighted by Gasteiger charge is 2.40. The molecule has 2 N–H and O–H groups in total. The van der Waals surface area contributed by atoms with E-state index in [-0.39, 0.29) is 29.6 Å². The lowest BCUT2D eigenvalue weighted by atomic mass is 10.2. The SMILES string of the molecule is COc1c(Cl)cccc1N=C1SC(CC(=O)Nc2ccc(O)cc2)C(=O)N1Cc1ccn(-c2c(F)cccc2F)n1. The summed E-state index contributed by atoms with van der Waals surface area (Å²) in [6.45, 7) is -0.0767.